The summed E-state index contributed by atoms with van der Waals surface area (Å²) in [4.78, 5) is 35.2. The third-order valence-corrected chi connectivity index (χ3v) is 3.76. The van der Waals surface area contributed by atoms with Crippen molar-refractivity contribution in [1.82, 2.24) is 24.8 Å². The Morgan fingerprint density at radius 3 is 2.76 bits per heavy atom. The van der Waals surface area contributed by atoms with Crippen molar-refractivity contribution in [1.29, 1.82) is 0 Å². The summed E-state index contributed by atoms with van der Waals surface area (Å²) >= 11 is 0. The zero-order valence-corrected chi connectivity index (χ0v) is 13.5. The fourth-order valence-electron chi connectivity index (χ4n) is 2.52. The number of Topliss-reactive ketones (excluding diaryl/α,β-unsaturated/α-hetero) is 1. The third kappa shape index (κ3) is 2.89. The molecule has 0 spiro atoms. The van der Waals surface area contributed by atoms with Crippen molar-refractivity contribution in [3.8, 4) is 0 Å². The third-order valence-electron chi connectivity index (χ3n) is 3.76. The Labute approximate surface area is 140 Å². The first-order chi connectivity index (χ1) is 11.9. The molecule has 10 heteroatoms. The normalized spacial score (nSPS) is 11.0. The molecular formula is C15H14N6O4. The van der Waals surface area contributed by atoms with Crippen LogP contribution in [0.15, 0.2) is 29.1 Å². The van der Waals surface area contributed by atoms with E-state index >= 15 is 0 Å². The number of hydrogen-bond donors (Lipinski definition) is 0. The maximum Gasteiger partial charge on any atom is 0.296 e. The van der Waals surface area contributed by atoms with Crippen LogP contribution in [0.5, 0.6) is 0 Å². The van der Waals surface area contributed by atoms with E-state index in [1.54, 1.807) is 6.92 Å². The van der Waals surface area contributed by atoms with E-state index in [-0.39, 0.29) is 23.3 Å². The standard InChI is InChI=1S/C15H14N6O4/c1-3-19-14-13(9(2)17-19)16-18-20(15(14)23)8-12(22)10-5-4-6-11(7-10)21(24)25/h4-7H,3,8H2,1-2H3. The van der Waals surface area contributed by atoms with Crippen molar-refractivity contribution in [2.45, 2.75) is 26.9 Å². The van der Waals surface area contributed by atoms with Crippen LogP contribution in [-0.2, 0) is 13.1 Å². The molecule has 0 atom stereocenters. The first kappa shape index (κ1) is 16.4. The van der Waals surface area contributed by atoms with E-state index < -0.39 is 16.3 Å². The Hall–Kier alpha value is -3.43. The Bertz CT molecular complexity index is 1050. The van der Waals surface area contributed by atoms with Crippen molar-refractivity contribution >= 4 is 22.5 Å². The van der Waals surface area contributed by atoms with E-state index in [0.717, 1.165) is 4.68 Å². The van der Waals surface area contributed by atoms with Crippen LogP contribution in [0.2, 0.25) is 0 Å². The Morgan fingerprint density at radius 1 is 1.32 bits per heavy atom. The van der Waals surface area contributed by atoms with Gasteiger partial charge in [-0.3, -0.25) is 24.4 Å². The Kier molecular flexibility index (Phi) is 4.09. The topological polar surface area (TPSA) is 126 Å². The number of ketones is 1. The monoisotopic (exact) mass is 342 g/mol. The summed E-state index contributed by atoms with van der Waals surface area (Å²) in [6.07, 6.45) is 0. The number of fused-ring (bicyclic) bond motifs is 1. The number of aryl methyl sites for hydroxylation is 2. The average molecular weight is 342 g/mol. The summed E-state index contributed by atoms with van der Waals surface area (Å²) in [5.41, 5.74) is 0.708. The number of rotatable bonds is 5. The van der Waals surface area contributed by atoms with Gasteiger partial charge in [0.2, 0.25) is 0 Å². The molecule has 0 fully saturated rings. The summed E-state index contributed by atoms with van der Waals surface area (Å²) in [6.45, 7) is 3.67. The highest BCUT2D eigenvalue weighted by atomic mass is 16.6. The molecule has 0 saturated carbocycles. The number of nitro benzene ring substituents is 1. The quantitative estimate of drug-likeness (QED) is 0.386. The van der Waals surface area contributed by atoms with Gasteiger partial charge in [0.25, 0.3) is 11.2 Å². The largest absolute Gasteiger partial charge is 0.296 e. The minimum Gasteiger partial charge on any atom is -0.292 e. The SMILES string of the molecule is CCn1nc(C)c2nnn(CC(=O)c3cccc([N+](=O)[O-])c3)c(=O)c21. The van der Waals surface area contributed by atoms with E-state index in [0.29, 0.717) is 17.8 Å². The summed E-state index contributed by atoms with van der Waals surface area (Å²) in [6, 6.07) is 5.32. The van der Waals surface area contributed by atoms with E-state index in [2.05, 4.69) is 15.4 Å². The van der Waals surface area contributed by atoms with Gasteiger partial charge in [-0.25, -0.2) is 4.68 Å². The van der Waals surface area contributed by atoms with Gasteiger partial charge in [0, 0.05) is 24.2 Å². The van der Waals surface area contributed by atoms with Crippen molar-refractivity contribution in [2.75, 3.05) is 0 Å². The molecule has 0 N–H and O–H groups in total. The molecule has 0 aliphatic rings. The summed E-state index contributed by atoms with van der Waals surface area (Å²) in [7, 11) is 0. The predicted octanol–water partition coefficient (Wildman–Crippen LogP) is 1.11. The molecule has 0 aliphatic carbocycles. The molecule has 0 radical (unpaired) electrons. The molecule has 0 saturated heterocycles. The molecule has 0 bridgehead atoms. The Morgan fingerprint density at radius 2 is 2.08 bits per heavy atom. The lowest BCUT2D eigenvalue weighted by atomic mass is 10.1. The van der Waals surface area contributed by atoms with Gasteiger partial charge in [0.1, 0.15) is 12.1 Å². The Balaban J connectivity index is 1.99. The molecule has 3 rings (SSSR count). The number of nitrogens with zero attached hydrogens (tertiary/aromatic N) is 6. The maximum atomic E-state index is 12.6. The summed E-state index contributed by atoms with van der Waals surface area (Å²) < 4.78 is 2.45. The minimum atomic E-state index is -0.586. The molecule has 10 nitrogen and oxygen atoms in total. The molecule has 0 unspecified atom stereocenters. The second-order valence-electron chi connectivity index (χ2n) is 5.38. The van der Waals surface area contributed by atoms with Gasteiger partial charge < -0.3 is 0 Å². The average Bonchev–Trinajstić information content (AvgIpc) is 2.94. The second kappa shape index (κ2) is 6.23. The fraction of sp³-hybridized carbons (Fsp3) is 0.267. The molecular weight excluding hydrogens is 328 g/mol. The number of hydrogen-bond acceptors (Lipinski definition) is 7. The van der Waals surface area contributed by atoms with Crippen LogP contribution in [0.4, 0.5) is 5.69 Å². The highest BCUT2D eigenvalue weighted by molar-refractivity contribution is 5.96. The van der Waals surface area contributed by atoms with E-state index in [1.807, 2.05) is 6.92 Å². The first-order valence-corrected chi connectivity index (χ1v) is 7.51. The first-order valence-electron chi connectivity index (χ1n) is 7.51. The second-order valence-corrected chi connectivity index (χ2v) is 5.38. The molecule has 25 heavy (non-hydrogen) atoms. The van der Waals surface area contributed by atoms with Crippen LogP contribution in [0.1, 0.15) is 23.0 Å². The smallest absolute Gasteiger partial charge is 0.292 e. The molecule has 0 aliphatic heterocycles. The van der Waals surface area contributed by atoms with Crippen LogP contribution < -0.4 is 5.56 Å². The van der Waals surface area contributed by atoms with Gasteiger partial charge in [0.05, 0.1) is 10.6 Å². The van der Waals surface area contributed by atoms with Crippen LogP contribution in [0, 0.1) is 17.0 Å². The lowest BCUT2D eigenvalue weighted by molar-refractivity contribution is -0.384. The van der Waals surface area contributed by atoms with Gasteiger partial charge in [-0.2, -0.15) is 5.10 Å². The molecule has 2 heterocycles. The van der Waals surface area contributed by atoms with E-state index in [1.165, 1.54) is 28.9 Å². The number of non-ortho nitro benzene ring substituents is 1. The highest BCUT2D eigenvalue weighted by Gasteiger charge is 2.18. The van der Waals surface area contributed by atoms with Gasteiger partial charge in [0.15, 0.2) is 11.3 Å². The molecule has 3 aromatic rings. The molecule has 2 aromatic heterocycles. The zero-order chi connectivity index (χ0) is 18.1. The van der Waals surface area contributed by atoms with Crippen LogP contribution in [-0.4, -0.2) is 35.5 Å². The van der Waals surface area contributed by atoms with Gasteiger partial charge >= 0.3 is 0 Å². The van der Waals surface area contributed by atoms with Crippen molar-refractivity contribution in [3.63, 3.8) is 0 Å². The number of benzene rings is 1. The van der Waals surface area contributed by atoms with E-state index in [4.69, 9.17) is 0 Å². The zero-order valence-electron chi connectivity index (χ0n) is 13.5. The van der Waals surface area contributed by atoms with Crippen LogP contribution in [0.25, 0.3) is 11.0 Å². The number of aromatic nitrogens is 5. The number of nitro groups is 1. The van der Waals surface area contributed by atoms with Gasteiger partial charge in [-0.1, -0.05) is 17.3 Å². The van der Waals surface area contributed by atoms with E-state index in [9.17, 15) is 19.7 Å². The van der Waals surface area contributed by atoms with Crippen LogP contribution >= 0.6 is 0 Å². The van der Waals surface area contributed by atoms with Crippen molar-refractivity contribution < 1.29 is 9.72 Å². The number of carbonyl (C=O) groups excluding carboxylic acids is 1. The minimum absolute atomic E-state index is 0.128. The van der Waals surface area contributed by atoms with Crippen molar-refractivity contribution in [3.05, 3.63) is 56.0 Å². The lowest BCUT2D eigenvalue weighted by Crippen LogP contribution is -2.29. The van der Waals surface area contributed by atoms with Gasteiger partial charge in [-0.05, 0) is 13.8 Å². The number of carbonyl (C=O) groups is 1. The lowest BCUT2D eigenvalue weighted by Gasteiger charge is -2.04. The summed E-state index contributed by atoms with van der Waals surface area (Å²) in [5, 5.41) is 22.8. The fourth-order valence-corrected chi connectivity index (χ4v) is 2.52. The highest BCUT2D eigenvalue weighted by Crippen LogP contribution is 2.14. The van der Waals surface area contributed by atoms with Gasteiger partial charge in [-0.15, -0.1) is 5.10 Å². The molecule has 128 valence electrons. The summed E-state index contributed by atoms with van der Waals surface area (Å²) in [5.74, 6) is -0.473. The van der Waals surface area contributed by atoms with Crippen molar-refractivity contribution in [2.24, 2.45) is 0 Å². The molecule has 1 aromatic carbocycles. The predicted molar refractivity (Wildman–Crippen MR) is 87.4 cm³/mol. The maximum absolute atomic E-state index is 12.6. The molecule has 0 amide bonds. The van der Waals surface area contributed by atoms with Crippen LogP contribution in [0.3, 0.4) is 0 Å².